The van der Waals surface area contributed by atoms with Crippen molar-refractivity contribution in [1.82, 2.24) is 9.55 Å². The highest BCUT2D eigenvalue weighted by Crippen LogP contribution is 2.27. The number of benzene rings is 2. The van der Waals surface area contributed by atoms with Gasteiger partial charge in [-0.05, 0) is 24.3 Å². The summed E-state index contributed by atoms with van der Waals surface area (Å²) in [6.07, 6.45) is 0. The summed E-state index contributed by atoms with van der Waals surface area (Å²) < 4.78 is 5.67. The van der Waals surface area contributed by atoms with Crippen molar-refractivity contribution in [2.75, 3.05) is 0 Å². The van der Waals surface area contributed by atoms with Gasteiger partial charge in [0.15, 0.2) is 11.0 Å². The van der Waals surface area contributed by atoms with Crippen molar-refractivity contribution in [3.8, 4) is 5.13 Å². The van der Waals surface area contributed by atoms with Crippen LogP contribution in [-0.4, -0.2) is 9.55 Å². The molecule has 0 spiro atoms. The molecule has 0 atom stereocenters. The SMILES string of the molecule is Cc1n(-c2nc3ccccc3s2)c2ccccc2[n+]1C. The number of aryl methyl sites for hydroxylation is 1. The van der Waals surface area contributed by atoms with Crippen molar-refractivity contribution < 1.29 is 4.57 Å². The van der Waals surface area contributed by atoms with Gasteiger partial charge in [0.1, 0.15) is 0 Å². The number of hydrogen-bond acceptors (Lipinski definition) is 2. The molecule has 0 aliphatic carbocycles. The van der Waals surface area contributed by atoms with Crippen LogP contribution in [0, 0.1) is 6.92 Å². The van der Waals surface area contributed by atoms with Crippen LogP contribution in [0.25, 0.3) is 26.4 Å². The Morgan fingerprint density at radius 2 is 1.80 bits per heavy atom. The van der Waals surface area contributed by atoms with Crippen molar-refractivity contribution in [3.05, 3.63) is 54.4 Å². The van der Waals surface area contributed by atoms with Crippen molar-refractivity contribution >= 4 is 32.6 Å². The summed E-state index contributed by atoms with van der Waals surface area (Å²) >= 11 is 1.73. The fourth-order valence-electron chi connectivity index (χ4n) is 2.63. The third-order valence-corrected chi connectivity index (χ3v) is 4.79. The van der Waals surface area contributed by atoms with Gasteiger partial charge in [0, 0.05) is 6.92 Å². The minimum Gasteiger partial charge on any atom is -0.230 e. The summed E-state index contributed by atoms with van der Waals surface area (Å²) in [7, 11) is 2.10. The summed E-state index contributed by atoms with van der Waals surface area (Å²) in [5.74, 6) is 1.19. The second kappa shape index (κ2) is 4.15. The van der Waals surface area contributed by atoms with E-state index in [2.05, 4.69) is 65.6 Å². The highest BCUT2D eigenvalue weighted by atomic mass is 32.1. The van der Waals surface area contributed by atoms with Gasteiger partial charge in [-0.3, -0.25) is 0 Å². The molecule has 2 aromatic heterocycles. The Morgan fingerprint density at radius 1 is 1.05 bits per heavy atom. The zero-order valence-corrected chi connectivity index (χ0v) is 12.2. The van der Waals surface area contributed by atoms with Crippen LogP contribution in [0.3, 0.4) is 0 Å². The first-order chi connectivity index (χ1) is 9.75. The minimum atomic E-state index is 1.03. The summed E-state index contributed by atoms with van der Waals surface area (Å²) in [5, 5.41) is 1.03. The molecule has 0 radical (unpaired) electrons. The Hall–Kier alpha value is -2.20. The molecule has 3 nitrogen and oxygen atoms in total. The molecule has 4 aromatic rings. The van der Waals surface area contributed by atoms with Gasteiger partial charge in [-0.2, -0.15) is 9.55 Å². The smallest absolute Gasteiger partial charge is 0.230 e. The van der Waals surface area contributed by atoms with Crippen LogP contribution in [0.15, 0.2) is 48.5 Å². The number of rotatable bonds is 1. The van der Waals surface area contributed by atoms with Gasteiger partial charge >= 0.3 is 0 Å². The van der Waals surface area contributed by atoms with Crippen LogP contribution in [0.2, 0.25) is 0 Å². The third kappa shape index (κ3) is 1.51. The maximum atomic E-state index is 4.78. The minimum absolute atomic E-state index is 1.03. The molecule has 4 heteroatoms. The summed E-state index contributed by atoms with van der Waals surface area (Å²) in [5.41, 5.74) is 3.49. The first kappa shape index (κ1) is 11.6. The van der Waals surface area contributed by atoms with Crippen molar-refractivity contribution in [2.24, 2.45) is 7.05 Å². The molecular formula is C16H14N3S+. The number of para-hydroxylation sites is 3. The molecule has 0 aliphatic heterocycles. The van der Waals surface area contributed by atoms with Crippen molar-refractivity contribution in [3.63, 3.8) is 0 Å². The molecule has 2 aromatic carbocycles. The highest BCUT2D eigenvalue weighted by molar-refractivity contribution is 7.20. The lowest BCUT2D eigenvalue weighted by Crippen LogP contribution is -2.30. The maximum Gasteiger partial charge on any atom is 0.285 e. The van der Waals surface area contributed by atoms with E-state index in [4.69, 9.17) is 4.98 Å². The van der Waals surface area contributed by atoms with Crippen LogP contribution >= 0.6 is 11.3 Å². The lowest BCUT2D eigenvalue weighted by atomic mass is 10.3. The van der Waals surface area contributed by atoms with E-state index in [0.29, 0.717) is 0 Å². The average Bonchev–Trinajstić information content (AvgIpc) is 3.00. The summed E-state index contributed by atoms with van der Waals surface area (Å²) in [6, 6.07) is 16.7. The van der Waals surface area contributed by atoms with Gasteiger partial charge < -0.3 is 0 Å². The van der Waals surface area contributed by atoms with E-state index >= 15 is 0 Å². The van der Waals surface area contributed by atoms with E-state index in [1.165, 1.54) is 21.6 Å². The van der Waals surface area contributed by atoms with Crippen LogP contribution in [0.4, 0.5) is 0 Å². The lowest BCUT2D eigenvalue weighted by molar-refractivity contribution is -0.652. The monoisotopic (exact) mass is 280 g/mol. The number of hydrogen-bond donors (Lipinski definition) is 0. The Balaban J connectivity index is 2.09. The fourth-order valence-corrected chi connectivity index (χ4v) is 3.66. The van der Waals surface area contributed by atoms with Crippen molar-refractivity contribution in [2.45, 2.75) is 6.92 Å². The Labute approximate surface area is 120 Å². The van der Waals surface area contributed by atoms with Crippen LogP contribution in [0.5, 0.6) is 0 Å². The molecule has 0 N–H and O–H groups in total. The number of fused-ring (bicyclic) bond motifs is 2. The Morgan fingerprint density at radius 3 is 2.65 bits per heavy atom. The van der Waals surface area contributed by atoms with E-state index in [-0.39, 0.29) is 0 Å². The number of aromatic nitrogens is 3. The lowest BCUT2D eigenvalue weighted by Gasteiger charge is -1.92. The Bertz CT molecular complexity index is 900. The largest absolute Gasteiger partial charge is 0.285 e. The molecule has 0 aliphatic rings. The van der Waals surface area contributed by atoms with Gasteiger partial charge in [0.2, 0.25) is 0 Å². The number of imidazole rings is 1. The van der Waals surface area contributed by atoms with Crippen LogP contribution in [-0.2, 0) is 7.05 Å². The molecule has 4 rings (SSSR count). The number of thiazole rings is 1. The fraction of sp³-hybridized carbons (Fsp3) is 0.125. The first-order valence-electron chi connectivity index (χ1n) is 6.58. The number of nitrogens with zero attached hydrogens (tertiary/aromatic N) is 3. The molecule has 2 heterocycles. The zero-order chi connectivity index (χ0) is 13.7. The summed E-state index contributed by atoms with van der Waals surface area (Å²) in [4.78, 5) is 4.78. The zero-order valence-electron chi connectivity index (χ0n) is 11.4. The first-order valence-corrected chi connectivity index (χ1v) is 7.39. The van der Waals surface area contributed by atoms with E-state index in [1.807, 2.05) is 6.07 Å². The predicted molar refractivity (Wildman–Crippen MR) is 82.4 cm³/mol. The molecular weight excluding hydrogens is 266 g/mol. The molecule has 0 unspecified atom stereocenters. The van der Waals surface area contributed by atoms with E-state index in [1.54, 1.807) is 11.3 Å². The van der Waals surface area contributed by atoms with Gasteiger partial charge in [0.25, 0.3) is 11.0 Å². The molecule has 20 heavy (non-hydrogen) atoms. The van der Waals surface area contributed by atoms with E-state index in [0.717, 1.165) is 10.6 Å². The quantitative estimate of drug-likeness (QED) is 0.490. The van der Waals surface area contributed by atoms with Crippen molar-refractivity contribution in [1.29, 1.82) is 0 Å². The summed E-state index contributed by atoms with van der Waals surface area (Å²) in [6.45, 7) is 2.13. The second-order valence-corrected chi connectivity index (χ2v) is 5.90. The maximum absolute atomic E-state index is 4.78. The van der Waals surface area contributed by atoms with Gasteiger partial charge in [-0.25, -0.2) is 4.57 Å². The van der Waals surface area contributed by atoms with Gasteiger partial charge in [0.05, 0.1) is 17.3 Å². The molecule has 0 saturated carbocycles. The standard InChI is InChI=1S/C16H14N3S/c1-11-18(2)13-8-4-5-9-14(13)19(11)16-17-12-7-3-6-10-15(12)20-16/h3-10H,1-2H3/q+1. The highest BCUT2D eigenvalue weighted by Gasteiger charge is 2.22. The topological polar surface area (TPSA) is 21.7 Å². The van der Waals surface area contributed by atoms with Crippen LogP contribution in [0.1, 0.15) is 5.82 Å². The molecule has 0 bridgehead atoms. The van der Waals surface area contributed by atoms with Gasteiger partial charge in [-0.1, -0.05) is 35.6 Å². The average molecular weight is 280 g/mol. The third-order valence-electron chi connectivity index (χ3n) is 3.77. The second-order valence-electron chi connectivity index (χ2n) is 4.89. The molecule has 0 fully saturated rings. The van der Waals surface area contributed by atoms with E-state index < -0.39 is 0 Å². The van der Waals surface area contributed by atoms with E-state index in [9.17, 15) is 0 Å². The normalized spacial score (nSPS) is 11.5. The Kier molecular flexibility index (Phi) is 2.41. The van der Waals surface area contributed by atoms with Crippen LogP contribution < -0.4 is 4.57 Å². The van der Waals surface area contributed by atoms with Gasteiger partial charge in [-0.15, -0.1) is 0 Å². The predicted octanol–water partition coefficient (Wildman–Crippen LogP) is 3.37. The molecule has 0 saturated heterocycles. The molecule has 98 valence electrons. The molecule has 0 amide bonds.